The lowest BCUT2D eigenvalue weighted by Crippen LogP contribution is -2.20. The van der Waals surface area contributed by atoms with E-state index in [0.29, 0.717) is 0 Å². The van der Waals surface area contributed by atoms with Crippen molar-refractivity contribution in [1.82, 2.24) is 4.98 Å². The number of hydrogen-bond acceptors (Lipinski definition) is 3. The molecule has 1 rings (SSSR count). The van der Waals surface area contributed by atoms with Crippen molar-refractivity contribution in [2.75, 3.05) is 0 Å². The van der Waals surface area contributed by atoms with Crippen molar-refractivity contribution in [3.63, 3.8) is 0 Å². The van der Waals surface area contributed by atoms with Crippen molar-refractivity contribution in [3.05, 3.63) is 21.0 Å². The molecule has 88 valence electrons. The number of aromatic carboxylic acids is 1. The molecule has 0 aliphatic carbocycles. The average molecular weight is 347 g/mol. The summed E-state index contributed by atoms with van der Waals surface area (Å²) in [6.07, 6.45) is -3.81. The summed E-state index contributed by atoms with van der Waals surface area (Å²) < 4.78 is 39.8. The van der Waals surface area contributed by atoms with Gasteiger partial charge in [-0.1, -0.05) is 0 Å². The second kappa shape index (κ2) is 4.44. The number of aromatic nitrogens is 1. The van der Waals surface area contributed by atoms with Gasteiger partial charge in [0.1, 0.15) is 9.26 Å². The molecule has 1 N–H and O–H groups in total. The van der Waals surface area contributed by atoms with E-state index in [2.05, 4.69) is 9.72 Å². The van der Waals surface area contributed by atoms with E-state index in [-0.39, 0.29) is 9.26 Å². The number of carboxylic acids is 1. The van der Waals surface area contributed by atoms with Crippen molar-refractivity contribution in [1.29, 1.82) is 0 Å². The van der Waals surface area contributed by atoms with Crippen LogP contribution in [0.5, 0.6) is 5.75 Å². The third kappa shape index (κ3) is 2.97. The summed E-state index contributed by atoms with van der Waals surface area (Å²) in [6.45, 7) is 1.29. The summed E-state index contributed by atoms with van der Waals surface area (Å²) in [5.41, 5.74) is -0.576. The minimum atomic E-state index is -4.93. The molecule has 16 heavy (non-hydrogen) atoms. The highest BCUT2D eigenvalue weighted by Gasteiger charge is 2.34. The fourth-order valence-corrected chi connectivity index (χ4v) is 1.62. The Morgan fingerprint density at radius 2 is 2.12 bits per heavy atom. The number of hydrogen-bond donors (Lipinski definition) is 1. The van der Waals surface area contributed by atoms with Crippen LogP contribution < -0.4 is 4.74 Å². The van der Waals surface area contributed by atoms with Gasteiger partial charge >= 0.3 is 12.3 Å². The third-order valence-electron chi connectivity index (χ3n) is 1.59. The molecule has 1 aromatic heterocycles. The van der Waals surface area contributed by atoms with Gasteiger partial charge in [-0.05, 0) is 29.5 Å². The van der Waals surface area contributed by atoms with Crippen molar-refractivity contribution < 1.29 is 27.8 Å². The topological polar surface area (TPSA) is 59.4 Å². The summed E-state index contributed by atoms with van der Waals surface area (Å²) in [5, 5.41) is 8.78. The van der Waals surface area contributed by atoms with Crippen LogP contribution >= 0.6 is 22.6 Å². The largest absolute Gasteiger partial charge is 0.573 e. The van der Waals surface area contributed by atoms with Gasteiger partial charge in [0, 0.05) is 11.8 Å². The second-order valence-electron chi connectivity index (χ2n) is 2.79. The fourth-order valence-electron chi connectivity index (χ4n) is 1.00. The zero-order valence-electron chi connectivity index (χ0n) is 7.80. The van der Waals surface area contributed by atoms with Crippen molar-refractivity contribution in [2.24, 2.45) is 0 Å². The molecule has 0 aromatic carbocycles. The molecule has 0 fully saturated rings. The number of ether oxygens (including phenoxy) is 1. The molecular formula is C8H5F3INO3. The van der Waals surface area contributed by atoms with Crippen molar-refractivity contribution >= 4 is 28.6 Å². The summed E-state index contributed by atoms with van der Waals surface area (Å²) in [5.74, 6) is -2.24. The monoisotopic (exact) mass is 347 g/mol. The predicted octanol–water partition coefficient (Wildman–Crippen LogP) is 2.59. The van der Waals surface area contributed by atoms with Crippen molar-refractivity contribution in [2.45, 2.75) is 13.3 Å². The average Bonchev–Trinajstić information content (AvgIpc) is 2.08. The Kier molecular flexibility index (Phi) is 3.61. The maximum Gasteiger partial charge on any atom is 0.573 e. The van der Waals surface area contributed by atoms with E-state index < -0.39 is 23.6 Å². The SMILES string of the molecule is Cc1cnc(I)c(C(=O)O)c1OC(F)(F)F. The maximum absolute atomic E-state index is 12.1. The summed E-state index contributed by atoms with van der Waals surface area (Å²) in [4.78, 5) is 14.4. The van der Waals surface area contributed by atoms with E-state index in [1.807, 2.05) is 0 Å². The zero-order valence-corrected chi connectivity index (χ0v) is 9.96. The number of alkyl halides is 3. The van der Waals surface area contributed by atoms with Gasteiger partial charge in [-0.25, -0.2) is 9.78 Å². The van der Waals surface area contributed by atoms with Gasteiger partial charge in [0.05, 0.1) is 0 Å². The van der Waals surface area contributed by atoms with Crippen LogP contribution in [0.2, 0.25) is 0 Å². The molecule has 0 saturated carbocycles. The number of rotatable bonds is 2. The molecule has 0 atom stereocenters. The highest BCUT2D eigenvalue weighted by atomic mass is 127. The molecule has 1 aromatic rings. The molecule has 0 unspecified atom stereocenters. The van der Waals surface area contributed by atoms with Crippen LogP contribution in [-0.4, -0.2) is 22.4 Å². The van der Waals surface area contributed by atoms with E-state index in [1.165, 1.54) is 29.5 Å². The summed E-state index contributed by atoms with van der Waals surface area (Å²) in [6, 6.07) is 0. The number of halogens is 4. The van der Waals surface area contributed by atoms with Gasteiger partial charge in [-0.2, -0.15) is 0 Å². The van der Waals surface area contributed by atoms with E-state index in [1.54, 1.807) is 0 Å². The van der Waals surface area contributed by atoms with Gasteiger partial charge in [-0.15, -0.1) is 13.2 Å². The van der Waals surface area contributed by atoms with E-state index in [4.69, 9.17) is 5.11 Å². The minimum Gasteiger partial charge on any atom is -0.477 e. The molecule has 0 aliphatic rings. The Bertz CT molecular complexity index is 433. The van der Waals surface area contributed by atoms with Crippen molar-refractivity contribution in [3.8, 4) is 5.75 Å². The van der Waals surface area contributed by atoms with Crippen LogP contribution in [0, 0.1) is 10.6 Å². The van der Waals surface area contributed by atoms with Crippen LogP contribution in [0.3, 0.4) is 0 Å². The van der Waals surface area contributed by atoms with E-state index in [9.17, 15) is 18.0 Å². The Labute approximate surface area is 102 Å². The highest BCUT2D eigenvalue weighted by molar-refractivity contribution is 14.1. The first-order valence-electron chi connectivity index (χ1n) is 3.86. The lowest BCUT2D eigenvalue weighted by Gasteiger charge is -2.13. The number of aryl methyl sites for hydroxylation is 1. The van der Waals surface area contributed by atoms with Gasteiger partial charge in [0.15, 0.2) is 5.75 Å². The van der Waals surface area contributed by atoms with Crippen LogP contribution in [0.1, 0.15) is 15.9 Å². The highest BCUT2D eigenvalue weighted by Crippen LogP contribution is 2.31. The first kappa shape index (κ1) is 13.0. The third-order valence-corrected chi connectivity index (χ3v) is 2.41. The van der Waals surface area contributed by atoms with Crippen LogP contribution in [0.25, 0.3) is 0 Å². The van der Waals surface area contributed by atoms with Crippen LogP contribution in [0.4, 0.5) is 13.2 Å². The zero-order chi connectivity index (χ0) is 12.5. The lowest BCUT2D eigenvalue weighted by atomic mass is 10.2. The molecule has 1 heterocycles. The molecule has 0 amide bonds. The Hall–Kier alpha value is -1.06. The summed E-state index contributed by atoms with van der Waals surface area (Å²) in [7, 11) is 0. The molecular weight excluding hydrogens is 342 g/mol. The Balaban J connectivity index is 3.35. The second-order valence-corrected chi connectivity index (χ2v) is 3.81. The molecule has 0 saturated heterocycles. The summed E-state index contributed by atoms with van der Waals surface area (Å²) >= 11 is 1.53. The molecule has 0 radical (unpaired) electrons. The first-order valence-corrected chi connectivity index (χ1v) is 4.94. The molecule has 0 aliphatic heterocycles. The van der Waals surface area contributed by atoms with E-state index in [0.717, 1.165) is 6.20 Å². The van der Waals surface area contributed by atoms with Gasteiger partial charge < -0.3 is 9.84 Å². The standard InChI is InChI=1S/C8H5F3INO3/c1-3-2-13-6(12)4(7(14)15)5(3)16-8(9,10)11/h2H,1H3,(H,14,15). The van der Waals surface area contributed by atoms with Gasteiger partial charge in [0.2, 0.25) is 0 Å². The maximum atomic E-state index is 12.1. The van der Waals surface area contributed by atoms with Gasteiger partial charge in [-0.3, -0.25) is 0 Å². The fraction of sp³-hybridized carbons (Fsp3) is 0.250. The molecule has 0 bridgehead atoms. The number of carbonyl (C=O) groups is 1. The molecule has 8 heteroatoms. The number of nitrogens with zero attached hydrogens (tertiary/aromatic N) is 1. The van der Waals surface area contributed by atoms with Crippen LogP contribution in [-0.2, 0) is 0 Å². The molecule has 0 spiro atoms. The molecule has 4 nitrogen and oxygen atoms in total. The first-order chi connectivity index (χ1) is 7.22. The minimum absolute atomic E-state index is 0.00939. The normalized spacial score (nSPS) is 11.3. The Morgan fingerprint density at radius 3 is 2.56 bits per heavy atom. The number of pyridine rings is 1. The predicted molar refractivity (Wildman–Crippen MR) is 55.3 cm³/mol. The quantitative estimate of drug-likeness (QED) is 0.660. The number of carboxylic acid groups (broad SMARTS) is 1. The Morgan fingerprint density at radius 1 is 1.56 bits per heavy atom. The van der Waals surface area contributed by atoms with E-state index >= 15 is 0 Å². The van der Waals surface area contributed by atoms with Gasteiger partial charge in [0.25, 0.3) is 0 Å². The van der Waals surface area contributed by atoms with Crippen LogP contribution in [0.15, 0.2) is 6.20 Å². The lowest BCUT2D eigenvalue weighted by molar-refractivity contribution is -0.275. The smallest absolute Gasteiger partial charge is 0.477 e.